The second-order valence-electron chi connectivity index (χ2n) is 5.71. The minimum atomic E-state index is -0.769. The normalized spacial score (nSPS) is 10.7. The van der Waals surface area contributed by atoms with Crippen LogP contribution < -0.4 is 10.1 Å². The molecular weight excluding hydrogens is 308 g/mol. The van der Waals surface area contributed by atoms with Crippen molar-refractivity contribution in [2.24, 2.45) is 0 Å². The third-order valence-corrected chi connectivity index (χ3v) is 3.96. The number of carbonyl (C=O) groups is 2. The lowest BCUT2D eigenvalue weighted by Gasteiger charge is -2.08. The summed E-state index contributed by atoms with van der Waals surface area (Å²) in [6.07, 6.45) is 4.85. The summed E-state index contributed by atoms with van der Waals surface area (Å²) >= 11 is 0. The summed E-state index contributed by atoms with van der Waals surface area (Å²) < 4.78 is 7.38. The van der Waals surface area contributed by atoms with E-state index in [9.17, 15) is 9.59 Å². The fourth-order valence-corrected chi connectivity index (χ4v) is 2.68. The van der Waals surface area contributed by atoms with Crippen molar-refractivity contribution in [1.82, 2.24) is 9.88 Å². The third kappa shape index (κ3) is 5.01. The molecule has 1 aromatic heterocycles. The Balaban J connectivity index is 1.73. The molecule has 24 heavy (non-hydrogen) atoms. The summed E-state index contributed by atoms with van der Waals surface area (Å²) in [6.45, 7) is 1.21. The number of hydrogen-bond donors (Lipinski definition) is 2. The van der Waals surface area contributed by atoms with E-state index in [-0.39, 0.29) is 12.3 Å². The maximum Gasteiger partial charge on any atom is 0.303 e. The first kappa shape index (κ1) is 17.8. The molecule has 6 heteroatoms. The number of ether oxygens (including phenoxy) is 1. The van der Waals surface area contributed by atoms with Gasteiger partial charge in [0.1, 0.15) is 5.75 Å². The van der Waals surface area contributed by atoms with Gasteiger partial charge in [-0.1, -0.05) is 12.5 Å². The quantitative estimate of drug-likeness (QED) is 0.656. The smallest absolute Gasteiger partial charge is 0.303 e. The molecule has 6 nitrogen and oxygen atoms in total. The molecule has 0 atom stereocenters. The highest BCUT2D eigenvalue weighted by atomic mass is 16.5. The van der Waals surface area contributed by atoms with Gasteiger partial charge in [0.25, 0.3) is 0 Å². The number of fused-ring (bicyclic) bond motifs is 1. The Morgan fingerprint density at radius 3 is 2.75 bits per heavy atom. The molecule has 130 valence electrons. The molecule has 2 N–H and O–H groups in total. The van der Waals surface area contributed by atoms with E-state index in [1.54, 1.807) is 7.11 Å². The molecule has 0 aliphatic carbocycles. The van der Waals surface area contributed by atoms with Gasteiger partial charge in [-0.3, -0.25) is 9.59 Å². The first-order valence-electron chi connectivity index (χ1n) is 8.22. The van der Waals surface area contributed by atoms with Gasteiger partial charge in [-0.25, -0.2) is 0 Å². The van der Waals surface area contributed by atoms with E-state index in [2.05, 4.69) is 5.32 Å². The van der Waals surface area contributed by atoms with Gasteiger partial charge in [0, 0.05) is 37.5 Å². The number of nitrogens with zero attached hydrogens (tertiary/aromatic N) is 1. The molecule has 0 unspecified atom stereocenters. The third-order valence-electron chi connectivity index (χ3n) is 3.96. The molecule has 0 aliphatic rings. The highest BCUT2D eigenvalue weighted by molar-refractivity contribution is 5.86. The molecule has 1 heterocycles. The SMILES string of the molecule is COc1cccc2c1ccn2CCC(=O)NCCCCCC(=O)O. The summed E-state index contributed by atoms with van der Waals surface area (Å²) in [5, 5.41) is 12.5. The molecule has 0 saturated carbocycles. The molecule has 0 spiro atoms. The lowest BCUT2D eigenvalue weighted by atomic mass is 10.2. The molecule has 0 fully saturated rings. The summed E-state index contributed by atoms with van der Waals surface area (Å²) in [5.41, 5.74) is 1.05. The van der Waals surface area contributed by atoms with E-state index < -0.39 is 5.97 Å². The number of rotatable bonds is 10. The van der Waals surface area contributed by atoms with Crippen molar-refractivity contribution in [3.63, 3.8) is 0 Å². The van der Waals surface area contributed by atoms with E-state index in [4.69, 9.17) is 9.84 Å². The number of methoxy groups -OCH3 is 1. The fraction of sp³-hybridized carbons (Fsp3) is 0.444. The van der Waals surface area contributed by atoms with Crippen molar-refractivity contribution in [2.75, 3.05) is 13.7 Å². The first-order chi connectivity index (χ1) is 11.6. The Bertz CT molecular complexity index is 693. The number of hydrogen-bond acceptors (Lipinski definition) is 3. The van der Waals surface area contributed by atoms with Crippen molar-refractivity contribution < 1.29 is 19.4 Å². The molecule has 2 aromatic rings. The maximum absolute atomic E-state index is 11.9. The highest BCUT2D eigenvalue weighted by Crippen LogP contribution is 2.26. The number of carboxylic acid groups (broad SMARTS) is 1. The van der Waals surface area contributed by atoms with Crippen LogP contribution in [0.1, 0.15) is 32.1 Å². The Hall–Kier alpha value is -2.50. The van der Waals surface area contributed by atoms with Crippen LogP contribution in [0.4, 0.5) is 0 Å². The number of aliphatic carboxylic acids is 1. The molecule has 0 aliphatic heterocycles. The predicted molar refractivity (Wildman–Crippen MR) is 92.2 cm³/mol. The minimum absolute atomic E-state index is 0.0120. The lowest BCUT2D eigenvalue weighted by molar-refractivity contribution is -0.137. The first-order valence-corrected chi connectivity index (χ1v) is 8.22. The topological polar surface area (TPSA) is 80.6 Å². The van der Waals surface area contributed by atoms with Gasteiger partial charge in [0.2, 0.25) is 5.91 Å². The Kier molecular flexibility index (Phi) is 6.66. The average Bonchev–Trinajstić information content (AvgIpc) is 2.99. The standard InChI is InChI=1S/C18H24N2O4/c1-24-16-7-5-6-15-14(16)9-12-20(15)13-10-17(21)19-11-4-2-3-8-18(22)23/h5-7,9,12H,2-4,8,10-11,13H2,1H3,(H,19,21)(H,22,23). The van der Waals surface area contributed by atoms with Gasteiger partial charge in [-0.05, 0) is 31.0 Å². The van der Waals surface area contributed by atoms with Crippen molar-refractivity contribution >= 4 is 22.8 Å². The Morgan fingerprint density at radius 2 is 2.00 bits per heavy atom. The molecule has 0 saturated heterocycles. The average molecular weight is 332 g/mol. The summed E-state index contributed by atoms with van der Waals surface area (Å²) in [7, 11) is 1.65. The second-order valence-corrected chi connectivity index (χ2v) is 5.71. The number of unbranched alkanes of at least 4 members (excludes halogenated alkanes) is 2. The van der Waals surface area contributed by atoms with E-state index in [1.807, 2.05) is 35.0 Å². The van der Waals surface area contributed by atoms with Crippen LogP contribution in [0.3, 0.4) is 0 Å². The van der Waals surface area contributed by atoms with Gasteiger partial charge in [-0.15, -0.1) is 0 Å². The van der Waals surface area contributed by atoms with Crippen LogP contribution in [-0.4, -0.2) is 35.2 Å². The van der Waals surface area contributed by atoms with Crippen LogP contribution in [0.25, 0.3) is 10.9 Å². The van der Waals surface area contributed by atoms with Crippen LogP contribution in [0, 0.1) is 0 Å². The monoisotopic (exact) mass is 332 g/mol. The summed E-state index contributed by atoms with van der Waals surface area (Å²) in [6, 6.07) is 7.87. The van der Waals surface area contributed by atoms with Gasteiger partial charge >= 0.3 is 5.97 Å². The van der Waals surface area contributed by atoms with E-state index in [0.717, 1.165) is 29.5 Å². The summed E-state index contributed by atoms with van der Waals surface area (Å²) in [4.78, 5) is 22.3. The predicted octanol–water partition coefficient (Wildman–Crippen LogP) is 2.80. The van der Waals surface area contributed by atoms with Crippen LogP contribution in [0.2, 0.25) is 0 Å². The van der Waals surface area contributed by atoms with Crippen LogP contribution in [0.5, 0.6) is 5.75 Å². The molecule has 1 aromatic carbocycles. The zero-order chi connectivity index (χ0) is 17.4. The Morgan fingerprint density at radius 1 is 1.17 bits per heavy atom. The molecule has 0 radical (unpaired) electrons. The van der Waals surface area contributed by atoms with Gasteiger partial charge in [0.15, 0.2) is 0 Å². The number of nitrogens with one attached hydrogen (secondary N) is 1. The van der Waals surface area contributed by atoms with Crippen molar-refractivity contribution in [3.8, 4) is 5.75 Å². The molecule has 2 rings (SSSR count). The zero-order valence-corrected chi connectivity index (χ0v) is 14.0. The highest BCUT2D eigenvalue weighted by Gasteiger charge is 2.07. The number of amides is 1. The largest absolute Gasteiger partial charge is 0.496 e. The molecule has 1 amide bonds. The zero-order valence-electron chi connectivity index (χ0n) is 14.0. The maximum atomic E-state index is 11.9. The summed E-state index contributed by atoms with van der Waals surface area (Å²) in [5.74, 6) is 0.0738. The molecule has 0 bridgehead atoms. The number of aromatic nitrogens is 1. The van der Waals surface area contributed by atoms with Gasteiger partial charge < -0.3 is 19.7 Å². The second kappa shape index (κ2) is 8.96. The van der Waals surface area contributed by atoms with Gasteiger partial charge in [0.05, 0.1) is 12.6 Å². The number of aryl methyl sites for hydroxylation is 1. The molecular formula is C18H24N2O4. The minimum Gasteiger partial charge on any atom is -0.496 e. The van der Waals surface area contributed by atoms with Crippen molar-refractivity contribution in [1.29, 1.82) is 0 Å². The van der Waals surface area contributed by atoms with E-state index in [1.165, 1.54) is 0 Å². The van der Waals surface area contributed by atoms with E-state index in [0.29, 0.717) is 25.9 Å². The van der Waals surface area contributed by atoms with Crippen LogP contribution in [0.15, 0.2) is 30.5 Å². The van der Waals surface area contributed by atoms with Crippen molar-refractivity contribution in [3.05, 3.63) is 30.5 Å². The van der Waals surface area contributed by atoms with E-state index >= 15 is 0 Å². The Labute approximate surface area is 141 Å². The number of benzene rings is 1. The number of carboxylic acids is 1. The van der Waals surface area contributed by atoms with Crippen molar-refractivity contribution in [2.45, 2.75) is 38.6 Å². The lowest BCUT2D eigenvalue weighted by Crippen LogP contribution is -2.25. The van der Waals surface area contributed by atoms with Crippen LogP contribution in [-0.2, 0) is 16.1 Å². The van der Waals surface area contributed by atoms with Crippen LogP contribution >= 0.6 is 0 Å². The van der Waals surface area contributed by atoms with Gasteiger partial charge in [-0.2, -0.15) is 0 Å². The number of carbonyl (C=O) groups excluding carboxylic acids is 1. The fourth-order valence-electron chi connectivity index (χ4n) is 2.68.